The molecule has 3 heterocycles. The van der Waals surface area contributed by atoms with Crippen LogP contribution in [0.25, 0.3) is 22.0 Å². The molecule has 5 rings (SSSR count). The van der Waals surface area contributed by atoms with E-state index in [0.717, 1.165) is 12.1 Å². The highest BCUT2D eigenvalue weighted by Gasteiger charge is 2.33. The number of fused-ring (bicyclic) bond motifs is 3. The first-order chi connectivity index (χ1) is 15.7. The number of hydrogen-bond donors (Lipinski definition) is 2. The van der Waals surface area contributed by atoms with E-state index >= 15 is 0 Å². The van der Waals surface area contributed by atoms with Gasteiger partial charge in [0.2, 0.25) is 5.95 Å². The van der Waals surface area contributed by atoms with Crippen LogP contribution in [0.2, 0.25) is 0 Å². The van der Waals surface area contributed by atoms with Crippen LogP contribution in [0.3, 0.4) is 0 Å². The molecule has 1 aliphatic heterocycles. The molecule has 4 N–H and O–H groups in total. The molecule has 1 aliphatic rings. The monoisotopic (exact) mass is 453 g/mol. The molecule has 33 heavy (non-hydrogen) atoms. The number of nitrogens with two attached hydrogens (primary N) is 2. The van der Waals surface area contributed by atoms with Gasteiger partial charge in [-0.3, -0.25) is 4.98 Å². The molecular weight excluding hydrogens is 435 g/mol. The summed E-state index contributed by atoms with van der Waals surface area (Å²) in [5, 5.41) is 0.496. The zero-order chi connectivity index (χ0) is 23.3. The molecule has 0 spiro atoms. The first-order valence-corrected chi connectivity index (χ1v) is 10.0. The maximum absolute atomic E-state index is 13.6. The first-order valence-electron chi connectivity index (χ1n) is 10.0. The highest BCUT2D eigenvalue weighted by Crippen LogP contribution is 2.48. The summed E-state index contributed by atoms with van der Waals surface area (Å²) in [7, 11) is 0. The molecule has 0 saturated heterocycles. The lowest BCUT2D eigenvalue weighted by molar-refractivity contribution is -0.137. The molecule has 2 aromatic carbocycles. The molecule has 0 aliphatic carbocycles. The van der Waals surface area contributed by atoms with Crippen molar-refractivity contribution in [3.63, 3.8) is 0 Å². The number of alkyl halides is 3. The number of nitrogen functional groups attached to an aromatic ring is 2. The predicted octanol–water partition coefficient (Wildman–Crippen LogP) is 5.16. The summed E-state index contributed by atoms with van der Waals surface area (Å²) < 4.78 is 52.8. The molecule has 10 heteroatoms. The van der Waals surface area contributed by atoms with Gasteiger partial charge in [-0.2, -0.15) is 18.2 Å². The number of halogens is 3. The van der Waals surface area contributed by atoms with Crippen LogP contribution in [0.15, 0.2) is 48.8 Å². The van der Waals surface area contributed by atoms with Crippen molar-refractivity contribution in [3.8, 4) is 28.4 Å². The van der Waals surface area contributed by atoms with Crippen molar-refractivity contribution in [2.45, 2.75) is 19.0 Å². The predicted molar refractivity (Wildman–Crippen MR) is 117 cm³/mol. The quantitative estimate of drug-likeness (QED) is 0.441. The van der Waals surface area contributed by atoms with E-state index in [-0.39, 0.29) is 23.4 Å². The summed E-state index contributed by atoms with van der Waals surface area (Å²) in [5.41, 5.74) is 12.9. The number of pyridine rings is 1. The molecule has 4 aromatic rings. The van der Waals surface area contributed by atoms with E-state index < -0.39 is 11.7 Å². The van der Waals surface area contributed by atoms with Gasteiger partial charge in [0.1, 0.15) is 23.1 Å². The fourth-order valence-corrected chi connectivity index (χ4v) is 3.94. The van der Waals surface area contributed by atoms with Crippen LogP contribution in [0, 0.1) is 0 Å². The van der Waals surface area contributed by atoms with Crippen molar-refractivity contribution in [1.29, 1.82) is 0 Å². The average Bonchev–Trinajstić information content (AvgIpc) is 3.15. The van der Waals surface area contributed by atoms with Gasteiger partial charge in [-0.15, -0.1) is 0 Å². The van der Waals surface area contributed by atoms with Gasteiger partial charge in [-0.05, 0) is 29.8 Å². The molecule has 2 aromatic heterocycles. The smallest absolute Gasteiger partial charge is 0.416 e. The Morgan fingerprint density at radius 1 is 1.09 bits per heavy atom. The molecular formula is C23H18F3N5O2. The zero-order valence-electron chi connectivity index (χ0n) is 17.3. The lowest BCUT2D eigenvalue weighted by atomic mass is 9.99. The molecule has 0 amide bonds. The maximum atomic E-state index is 13.6. The Hall–Kier alpha value is -4.08. The summed E-state index contributed by atoms with van der Waals surface area (Å²) in [6, 6.07) is 8.48. The van der Waals surface area contributed by atoms with Crippen LogP contribution >= 0.6 is 0 Å². The standard InChI is InChI=1S/C23H18F3N5O2/c1-11-10-32-20-18(11)17(8-16-19(20)21(27)31-22(28)30-16)33-15-6-13(12-3-2-4-29-9-12)5-14(7-15)23(24,25)26/h2-9,11H,10H2,1H3,(H4,27,28,30,31). The van der Waals surface area contributed by atoms with E-state index in [9.17, 15) is 13.2 Å². The number of nitrogens with zero attached hydrogens (tertiary/aromatic N) is 3. The SMILES string of the molecule is CC1COc2c1c(Oc1cc(-c3cccnc3)cc(C(F)(F)F)c1)cc1nc(N)nc(N)c21. The van der Waals surface area contributed by atoms with Gasteiger partial charge < -0.3 is 20.9 Å². The Kier molecular flexibility index (Phi) is 4.73. The van der Waals surface area contributed by atoms with E-state index in [4.69, 9.17) is 20.9 Å². The first kappa shape index (κ1) is 20.8. The van der Waals surface area contributed by atoms with Gasteiger partial charge in [0.25, 0.3) is 0 Å². The van der Waals surface area contributed by atoms with Crippen LogP contribution in [-0.2, 0) is 6.18 Å². The number of anilines is 2. The largest absolute Gasteiger partial charge is 0.492 e. The van der Waals surface area contributed by atoms with Gasteiger partial charge in [0.15, 0.2) is 0 Å². The number of aromatic nitrogens is 3. The lowest BCUT2D eigenvalue weighted by Gasteiger charge is -2.17. The second kappa shape index (κ2) is 7.51. The van der Waals surface area contributed by atoms with Crippen molar-refractivity contribution < 1.29 is 22.6 Å². The highest BCUT2D eigenvalue weighted by molar-refractivity contribution is 5.97. The number of rotatable bonds is 3. The van der Waals surface area contributed by atoms with E-state index in [1.165, 1.54) is 12.3 Å². The molecule has 7 nitrogen and oxygen atoms in total. The Labute approximate surface area is 186 Å². The summed E-state index contributed by atoms with van der Waals surface area (Å²) in [6.45, 7) is 2.28. The minimum atomic E-state index is -4.56. The summed E-state index contributed by atoms with van der Waals surface area (Å²) in [6.07, 6.45) is -1.52. The van der Waals surface area contributed by atoms with Gasteiger partial charge in [-0.25, -0.2) is 4.98 Å². The fourth-order valence-electron chi connectivity index (χ4n) is 3.94. The maximum Gasteiger partial charge on any atom is 0.416 e. The summed E-state index contributed by atoms with van der Waals surface area (Å²) >= 11 is 0. The van der Waals surface area contributed by atoms with Crippen molar-refractivity contribution in [2.75, 3.05) is 18.1 Å². The second-order valence-corrected chi connectivity index (χ2v) is 7.78. The third-order valence-corrected chi connectivity index (χ3v) is 5.41. The number of ether oxygens (including phenoxy) is 2. The Balaban J connectivity index is 1.68. The summed E-state index contributed by atoms with van der Waals surface area (Å²) in [5.74, 6) is 0.824. The van der Waals surface area contributed by atoms with Crippen LogP contribution in [0.4, 0.5) is 24.9 Å². The third-order valence-electron chi connectivity index (χ3n) is 5.41. The highest BCUT2D eigenvalue weighted by atomic mass is 19.4. The average molecular weight is 453 g/mol. The van der Waals surface area contributed by atoms with Gasteiger partial charge in [-0.1, -0.05) is 13.0 Å². The van der Waals surface area contributed by atoms with Crippen molar-refractivity contribution in [2.24, 2.45) is 0 Å². The molecule has 168 valence electrons. The van der Waals surface area contributed by atoms with Gasteiger partial charge >= 0.3 is 6.18 Å². The van der Waals surface area contributed by atoms with Crippen molar-refractivity contribution in [3.05, 3.63) is 59.9 Å². The molecule has 1 atom stereocenters. The fraction of sp³-hybridized carbons (Fsp3) is 0.174. The Morgan fingerprint density at radius 2 is 1.91 bits per heavy atom. The van der Waals surface area contributed by atoms with Crippen LogP contribution in [-0.4, -0.2) is 21.6 Å². The lowest BCUT2D eigenvalue weighted by Crippen LogP contribution is -2.06. The van der Waals surface area contributed by atoms with Crippen LogP contribution in [0.1, 0.15) is 24.0 Å². The zero-order valence-corrected chi connectivity index (χ0v) is 17.3. The molecule has 0 radical (unpaired) electrons. The normalized spacial score (nSPS) is 15.3. The van der Waals surface area contributed by atoms with Gasteiger partial charge in [0, 0.05) is 35.5 Å². The molecule has 1 unspecified atom stereocenters. The topological polar surface area (TPSA) is 109 Å². The summed E-state index contributed by atoms with van der Waals surface area (Å²) in [4.78, 5) is 12.2. The van der Waals surface area contributed by atoms with E-state index in [0.29, 0.717) is 45.7 Å². The van der Waals surface area contributed by atoms with Gasteiger partial charge in [0.05, 0.1) is 23.1 Å². The van der Waals surface area contributed by atoms with Crippen molar-refractivity contribution in [1.82, 2.24) is 15.0 Å². The molecule has 0 saturated carbocycles. The minimum absolute atomic E-state index is 0.0133. The molecule has 0 bridgehead atoms. The van der Waals surface area contributed by atoms with E-state index in [1.807, 2.05) is 6.92 Å². The second-order valence-electron chi connectivity index (χ2n) is 7.78. The van der Waals surface area contributed by atoms with E-state index in [1.54, 1.807) is 24.4 Å². The van der Waals surface area contributed by atoms with Crippen molar-refractivity contribution >= 4 is 22.7 Å². The van der Waals surface area contributed by atoms with E-state index in [2.05, 4.69) is 15.0 Å². The number of hydrogen-bond acceptors (Lipinski definition) is 7. The third kappa shape index (κ3) is 3.73. The number of benzene rings is 2. The minimum Gasteiger partial charge on any atom is -0.492 e. The Morgan fingerprint density at radius 3 is 2.64 bits per heavy atom. The Bertz CT molecular complexity index is 1380. The van der Waals surface area contributed by atoms with Crippen LogP contribution in [0.5, 0.6) is 17.2 Å². The molecule has 0 fully saturated rings. The van der Waals surface area contributed by atoms with Crippen LogP contribution < -0.4 is 20.9 Å².